The molecule has 0 bridgehead atoms. The molecule has 6 N–H and O–H groups in total. The van der Waals surface area contributed by atoms with Gasteiger partial charge in [0.2, 0.25) is 0 Å². The number of nitro benzene ring substituents is 4. The Hall–Kier alpha value is -11.0. The van der Waals surface area contributed by atoms with Crippen molar-refractivity contribution in [3.63, 3.8) is 0 Å². The van der Waals surface area contributed by atoms with Crippen molar-refractivity contribution < 1.29 is 19.7 Å². The molecule has 8 aromatic carbocycles. The van der Waals surface area contributed by atoms with E-state index in [-0.39, 0.29) is 44.9 Å². The smallest absolute Gasteiger partial charge is 0.269 e. The van der Waals surface area contributed by atoms with E-state index in [4.69, 9.17) is 16.9 Å². The van der Waals surface area contributed by atoms with E-state index < -0.39 is 4.92 Å². The summed E-state index contributed by atoms with van der Waals surface area (Å²) in [6.45, 7) is 12.7. The van der Waals surface area contributed by atoms with Crippen LogP contribution >= 0.6 is 66.3 Å². The molecule has 9 heterocycles. The summed E-state index contributed by atoms with van der Waals surface area (Å²) in [5.41, 5.74) is 26.7. The molecule has 6 aromatic heterocycles. The lowest BCUT2D eigenvalue weighted by Crippen LogP contribution is -2.32. The molecule has 17 rings (SSSR count). The third-order valence-corrected chi connectivity index (χ3v) is 24.5. The number of nitrogen functional groups attached to an aromatic ring is 1. The number of thioether (sulfide) groups is 1. The number of non-ortho nitro benzene ring substituents is 4. The Labute approximate surface area is 708 Å². The highest BCUT2D eigenvalue weighted by atomic mass is 79.9. The molecule has 0 atom stereocenters. The van der Waals surface area contributed by atoms with Gasteiger partial charge in [-0.3, -0.25) is 45.9 Å². The molecular formula is C89H93Br2N15O8S3. The number of hydrogen-bond acceptors (Lipinski definition) is 17. The van der Waals surface area contributed by atoms with Gasteiger partial charge >= 0.3 is 0 Å². The van der Waals surface area contributed by atoms with Gasteiger partial charge in [-0.25, -0.2) is 4.99 Å². The minimum atomic E-state index is -0.397. The third-order valence-electron chi connectivity index (χ3n) is 21.0. The molecule has 3 fully saturated rings. The number of benzene rings is 8. The van der Waals surface area contributed by atoms with E-state index in [2.05, 4.69) is 125 Å². The number of aromatic nitrogens is 4. The van der Waals surface area contributed by atoms with Crippen LogP contribution in [0.4, 0.5) is 34.1 Å². The number of amidine groups is 1. The lowest BCUT2D eigenvalue weighted by atomic mass is 10.1. The molecule has 0 spiro atoms. The van der Waals surface area contributed by atoms with Gasteiger partial charge in [-0.05, 0) is 275 Å². The zero-order valence-corrected chi connectivity index (χ0v) is 69.7. The summed E-state index contributed by atoms with van der Waals surface area (Å²) >= 11 is 11.6. The number of aliphatic imine (C=N–C) groups is 1. The van der Waals surface area contributed by atoms with Gasteiger partial charge in [0.05, 0.1) is 35.1 Å². The van der Waals surface area contributed by atoms with Gasteiger partial charge in [0, 0.05) is 169 Å². The van der Waals surface area contributed by atoms with E-state index in [1.54, 1.807) is 71.2 Å². The lowest BCUT2D eigenvalue weighted by molar-refractivity contribution is -0.385. The van der Waals surface area contributed by atoms with E-state index in [1.165, 1.54) is 119 Å². The summed E-state index contributed by atoms with van der Waals surface area (Å²) in [4.78, 5) is 59.7. The average Bonchev–Trinajstić information content (AvgIpc) is 1.66. The molecule has 3 aliphatic heterocycles. The first-order chi connectivity index (χ1) is 56.3. The van der Waals surface area contributed by atoms with Crippen molar-refractivity contribution in [1.29, 1.82) is 5.41 Å². The van der Waals surface area contributed by atoms with Gasteiger partial charge in [-0.1, -0.05) is 70.7 Å². The molecule has 28 heteroatoms. The SMILES string of the molecule is C.CSC(=N)c1cccs1.NC(=Nc1ccc2c(c1)cc(-c1ccc([N+](=O)[O-])cc1)n2CCN1CCCCC1)c1cccs1.Nc1ccc2c(c1)cc(-c1ccc([N+](=O)[O-])cc1)n2CCN1CCCCC1.O=[N+]([O-])c1ccc(-c2cc3cc(Br)ccc3[nH]2)cc1.O=[N+]([O-])c1ccc(-c2cc3cc(Br)ccc3n2CCN2CCCCC2)cc1. The van der Waals surface area contributed by atoms with Gasteiger partial charge in [-0.2, -0.15) is 0 Å². The molecular weight excluding hydrogens is 1660 g/mol. The van der Waals surface area contributed by atoms with E-state index in [1.807, 2.05) is 120 Å². The predicted molar refractivity (Wildman–Crippen MR) is 489 cm³/mol. The largest absolute Gasteiger partial charge is 0.399 e. The quantitative estimate of drug-likeness (QED) is 0.0181. The van der Waals surface area contributed by atoms with Crippen LogP contribution in [0.15, 0.2) is 243 Å². The molecule has 0 amide bonds. The number of likely N-dealkylation sites (tertiary alicyclic amines) is 3. The van der Waals surface area contributed by atoms with E-state index in [0.29, 0.717) is 10.9 Å². The number of rotatable bonds is 20. The second kappa shape index (κ2) is 40.8. The van der Waals surface area contributed by atoms with Crippen molar-refractivity contribution in [3.05, 3.63) is 288 Å². The molecule has 3 aliphatic rings. The summed E-state index contributed by atoms with van der Waals surface area (Å²) in [7, 11) is 0. The number of piperidine rings is 3. The first-order valence-electron chi connectivity index (χ1n) is 38.6. The van der Waals surface area contributed by atoms with Crippen LogP contribution in [0, 0.1) is 45.9 Å². The molecule has 0 unspecified atom stereocenters. The highest BCUT2D eigenvalue weighted by Crippen LogP contribution is 2.37. The molecule has 0 radical (unpaired) electrons. The standard InChI is InChI=1S/C26H27N5O2S.C21H22BrN3O2.C21H24N4O2.C14H9BrN2O2.C6H7NS2.CH4/c27-26(25-5-4-16-34-25)28-21-8-11-23-20(17-21)18-24(19-6-9-22(10-7-19)31(32)33)30(23)15-14-29-12-2-1-3-13-29;2*22-18-6-9-20-17(14-18)15-21(16-4-7-19(8-5-16)25(26)27)24(20)13-12-23-10-2-1-3-11-23;15-11-3-6-13-10(7-11)8-14(16-13)9-1-4-12(5-2-9)17(18)19;1-8-6(7)5-3-2-4-9-5;/h4-11,16-18H,1-3,12-15H2,(H2,27,28);4-9,14-15H,1-3,10-13H2;4-9,14-15H,1-3,10-13,22H2;1-8,16H;2-4,7H,1H3;1H4. The maximum absolute atomic E-state index is 11.1. The number of nitro groups is 4. The Morgan fingerprint density at radius 1 is 0.444 bits per heavy atom. The monoisotopic (exact) mass is 1750 g/mol. The normalized spacial score (nSPS) is 13.9. The highest BCUT2D eigenvalue weighted by molar-refractivity contribution is 9.10. The number of H-pyrrole nitrogens is 1. The number of thiophene rings is 2. The Balaban J connectivity index is 0.000000140. The van der Waals surface area contributed by atoms with Crippen LogP contribution in [0.2, 0.25) is 0 Å². The number of halogens is 2. The molecule has 117 heavy (non-hydrogen) atoms. The molecule has 0 saturated carbocycles. The second-order valence-corrected chi connectivity index (χ2v) is 33.2. The Morgan fingerprint density at radius 3 is 1.21 bits per heavy atom. The number of nitrogens with two attached hydrogens (primary N) is 2. The fraction of sp³-hybridized carbons (Fsp3) is 0.258. The maximum Gasteiger partial charge on any atom is 0.269 e. The zero-order valence-electron chi connectivity index (χ0n) is 64.1. The summed E-state index contributed by atoms with van der Waals surface area (Å²) in [5, 5.41) is 60.1. The van der Waals surface area contributed by atoms with Crippen molar-refractivity contribution >= 4 is 155 Å². The predicted octanol–water partition coefficient (Wildman–Crippen LogP) is 23.1. The van der Waals surface area contributed by atoms with Crippen molar-refractivity contribution in [2.75, 3.05) is 70.9 Å². The van der Waals surface area contributed by atoms with Gasteiger partial charge in [0.25, 0.3) is 22.7 Å². The van der Waals surface area contributed by atoms with Gasteiger partial charge in [0.15, 0.2) is 0 Å². The van der Waals surface area contributed by atoms with Crippen LogP contribution in [0.25, 0.3) is 88.6 Å². The van der Waals surface area contributed by atoms with Crippen LogP contribution < -0.4 is 11.5 Å². The Morgan fingerprint density at radius 2 is 0.812 bits per heavy atom. The first kappa shape index (κ1) is 85.4. The number of hydrogen-bond donors (Lipinski definition) is 4. The van der Waals surface area contributed by atoms with Crippen molar-refractivity contribution in [2.24, 2.45) is 10.7 Å². The fourth-order valence-corrected chi connectivity index (χ4v) is 17.6. The number of anilines is 1. The number of nitrogens with one attached hydrogen (secondary N) is 2. The van der Waals surface area contributed by atoms with Crippen LogP contribution in [0.1, 0.15) is 75.0 Å². The van der Waals surface area contributed by atoms with Gasteiger partial charge < -0.3 is 44.9 Å². The Kier molecular flexibility index (Phi) is 29.8. The first-order valence-corrected chi connectivity index (χ1v) is 43.2. The molecule has 14 aromatic rings. The van der Waals surface area contributed by atoms with E-state index >= 15 is 0 Å². The topological polar surface area (TPSA) is 301 Å². The summed E-state index contributed by atoms with van der Waals surface area (Å²) < 4.78 is 9.05. The summed E-state index contributed by atoms with van der Waals surface area (Å²) in [6.07, 6.45) is 13.5. The summed E-state index contributed by atoms with van der Waals surface area (Å²) in [6, 6.07) is 67.8. The average molecular weight is 1760 g/mol. The zero-order chi connectivity index (χ0) is 81.2. The number of aromatic amines is 1. The van der Waals surface area contributed by atoms with Crippen LogP contribution in [0.3, 0.4) is 0 Å². The van der Waals surface area contributed by atoms with E-state index in [9.17, 15) is 40.5 Å². The molecule has 0 aliphatic carbocycles. The van der Waals surface area contributed by atoms with Crippen LogP contribution in [-0.2, 0) is 19.6 Å². The van der Waals surface area contributed by atoms with Crippen LogP contribution in [0.5, 0.6) is 0 Å². The highest BCUT2D eigenvalue weighted by Gasteiger charge is 2.21. The maximum atomic E-state index is 11.1. The van der Waals surface area contributed by atoms with E-state index in [0.717, 1.165) is 160 Å². The summed E-state index contributed by atoms with van der Waals surface area (Å²) in [5.74, 6) is 0.509. The molecule has 604 valence electrons. The van der Waals surface area contributed by atoms with Gasteiger partial charge in [-0.15, -0.1) is 34.4 Å². The second-order valence-electron chi connectivity index (χ2n) is 28.6. The van der Waals surface area contributed by atoms with Crippen molar-refractivity contribution in [2.45, 2.75) is 84.8 Å². The third kappa shape index (κ3) is 22.2. The van der Waals surface area contributed by atoms with Crippen LogP contribution in [-0.4, -0.2) is 129 Å². The minimum absolute atomic E-state index is 0. The number of fused-ring (bicyclic) bond motifs is 4. The van der Waals surface area contributed by atoms with Gasteiger partial charge in [0.1, 0.15) is 10.9 Å². The number of nitrogens with zero attached hydrogens (tertiary/aromatic N) is 11. The van der Waals surface area contributed by atoms with Crippen molar-refractivity contribution in [1.82, 2.24) is 33.4 Å². The Bertz CT molecular complexity index is 5590. The van der Waals surface area contributed by atoms with Crippen molar-refractivity contribution in [3.8, 4) is 45.0 Å². The fourth-order valence-electron chi connectivity index (χ4n) is 15.0. The lowest BCUT2D eigenvalue weighted by Gasteiger charge is -2.27. The minimum Gasteiger partial charge on any atom is -0.399 e. The molecule has 3 saturated heterocycles. The molecule has 23 nitrogen and oxygen atoms in total.